The summed E-state index contributed by atoms with van der Waals surface area (Å²) in [7, 11) is 2.06. The first-order valence-corrected chi connectivity index (χ1v) is 6.58. The van der Waals surface area contributed by atoms with Crippen molar-refractivity contribution in [1.29, 1.82) is 0 Å². The zero-order chi connectivity index (χ0) is 14.3. The molecular formula is C14H23N3O2. The van der Waals surface area contributed by atoms with E-state index in [2.05, 4.69) is 24.2 Å². The van der Waals surface area contributed by atoms with Gasteiger partial charge in [0.15, 0.2) is 0 Å². The molecule has 0 amide bonds. The Kier molecular flexibility index (Phi) is 6.15. The lowest BCUT2D eigenvalue weighted by atomic mass is 10.1. The van der Waals surface area contributed by atoms with Crippen LogP contribution in [-0.2, 0) is 4.74 Å². The predicted molar refractivity (Wildman–Crippen MR) is 78.5 cm³/mol. The van der Waals surface area contributed by atoms with Crippen LogP contribution < -0.4 is 11.1 Å². The number of benzene rings is 1. The predicted octanol–water partition coefficient (Wildman–Crippen LogP) is 1.81. The van der Waals surface area contributed by atoms with Crippen molar-refractivity contribution in [3.63, 3.8) is 0 Å². The van der Waals surface area contributed by atoms with Gasteiger partial charge in [0.05, 0.1) is 23.5 Å². The first-order valence-electron chi connectivity index (χ1n) is 6.58. The number of carbonyl (C=O) groups excluding carboxylic acids is 1. The van der Waals surface area contributed by atoms with Crippen LogP contribution in [0.1, 0.15) is 24.2 Å². The molecule has 0 aliphatic rings. The van der Waals surface area contributed by atoms with Gasteiger partial charge in [0.1, 0.15) is 0 Å². The van der Waals surface area contributed by atoms with E-state index in [1.54, 1.807) is 19.1 Å². The monoisotopic (exact) mass is 265 g/mol. The number of anilines is 2. The SMILES string of the molecule is CCOC(=O)c1cccc(NCCN(C)CC)c1N. The number of rotatable bonds is 7. The number of nitrogens with two attached hydrogens (primary N) is 1. The summed E-state index contributed by atoms with van der Waals surface area (Å²) in [5, 5.41) is 3.24. The van der Waals surface area contributed by atoms with Gasteiger partial charge in [-0.1, -0.05) is 13.0 Å². The fourth-order valence-electron chi connectivity index (χ4n) is 1.65. The van der Waals surface area contributed by atoms with Crippen LogP contribution in [0.25, 0.3) is 0 Å². The summed E-state index contributed by atoms with van der Waals surface area (Å²) < 4.78 is 4.97. The minimum atomic E-state index is -0.380. The fraction of sp³-hybridized carbons (Fsp3) is 0.500. The molecule has 0 saturated carbocycles. The zero-order valence-electron chi connectivity index (χ0n) is 11.9. The van der Waals surface area contributed by atoms with Gasteiger partial charge in [-0.15, -0.1) is 0 Å². The van der Waals surface area contributed by atoms with Crippen molar-refractivity contribution in [2.75, 3.05) is 44.3 Å². The van der Waals surface area contributed by atoms with E-state index in [-0.39, 0.29) is 5.97 Å². The summed E-state index contributed by atoms with van der Waals surface area (Å²) in [6.45, 7) is 6.92. The number of nitrogens with one attached hydrogen (secondary N) is 1. The summed E-state index contributed by atoms with van der Waals surface area (Å²) in [6.07, 6.45) is 0. The van der Waals surface area contributed by atoms with Crippen LogP contribution in [0, 0.1) is 0 Å². The van der Waals surface area contributed by atoms with Gasteiger partial charge in [0, 0.05) is 13.1 Å². The number of ether oxygens (including phenoxy) is 1. The van der Waals surface area contributed by atoms with E-state index in [1.165, 1.54) is 0 Å². The maximum absolute atomic E-state index is 11.7. The Hall–Kier alpha value is -1.75. The second kappa shape index (κ2) is 7.63. The molecule has 0 aliphatic heterocycles. The average Bonchev–Trinajstić information content (AvgIpc) is 2.40. The van der Waals surface area contributed by atoms with Gasteiger partial charge < -0.3 is 20.7 Å². The van der Waals surface area contributed by atoms with Crippen molar-refractivity contribution in [3.05, 3.63) is 23.8 Å². The van der Waals surface area contributed by atoms with Gasteiger partial charge in [0.2, 0.25) is 0 Å². The summed E-state index contributed by atoms with van der Waals surface area (Å²) in [6, 6.07) is 5.34. The van der Waals surface area contributed by atoms with E-state index in [4.69, 9.17) is 10.5 Å². The minimum absolute atomic E-state index is 0.344. The first-order chi connectivity index (χ1) is 9.10. The van der Waals surface area contributed by atoms with Crippen molar-refractivity contribution < 1.29 is 9.53 Å². The van der Waals surface area contributed by atoms with E-state index < -0.39 is 0 Å². The van der Waals surface area contributed by atoms with E-state index in [0.717, 1.165) is 25.3 Å². The molecule has 0 radical (unpaired) electrons. The third-order valence-corrected chi connectivity index (χ3v) is 2.95. The molecule has 1 aromatic rings. The van der Waals surface area contributed by atoms with Gasteiger partial charge in [-0.05, 0) is 32.6 Å². The molecule has 0 spiro atoms. The molecule has 0 atom stereocenters. The van der Waals surface area contributed by atoms with Gasteiger partial charge >= 0.3 is 5.97 Å². The molecule has 0 unspecified atom stereocenters. The Morgan fingerprint density at radius 1 is 1.42 bits per heavy atom. The van der Waals surface area contributed by atoms with Crippen molar-refractivity contribution >= 4 is 17.3 Å². The maximum atomic E-state index is 11.7. The van der Waals surface area contributed by atoms with E-state index >= 15 is 0 Å². The molecule has 19 heavy (non-hydrogen) atoms. The summed E-state index contributed by atoms with van der Waals surface area (Å²) in [5.41, 5.74) is 7.62. The third-order valence-electron chi connectivity index (χ3n) is 2.95. The molecule has 5 heteroatoms. The summed E-state index contributed by atoms with van der Waals surface area (Å²) in [5.74, 6) is -0.380. The molecule has 0 fully saturated rings. The Balaban J connectivity index is 2.69. The number of hydrogen-bond acceptors (Lipinski definition) is 5. The Bertz CT molecular complexity index is 421. The molecule has 1 rings (SSSR count). The van der Waals surface area contributed by atoms with Crippen LogP contribution >= 0.6 is 0 Å². The average molecular weight is 265 g/mol. The van der Waals surface area contributed by atoms with Crippen LogP contribution in [-0.4, -0.2) is 44.2 Å². The first kappa shape index (κ1) is 15.3. The standard InChI is InChI=1S/C14H23N3O2/c1-4-17(3)10-9-16-12-8-6-7-11(13(12)15)14(18)19-5-2/h6-8,16H,4-5,9-10,15H2,1-3H3. The lowest BCUT2D eigenvalue weighted by Crippen LogP contribution is -2.25. The summed E-state index contributed by atoms with van der Waals surface area (Å²) in [4.78, 5) is 13.9. The highest BCUT2D eigenvalue weighted by molar-refractivity contribution is 5.98. The molecule has 0 bridgehead atoms. The van der Waals surface area contributed by atoms with E-state index in [9.17, 15) is 4.79 Å². The zero-order valence-corrected chi connectivity index (χ0v) is 11.9. The number of nitrogens with zero attached hydrogens (tertiary/aromatic N) is 1. The Morgan fingerprint density at radius 2 is 2.16 bits per heavy atom. The van der Waals surface area contributed by atoms with Crippen LogP contribution in [0.15, 0.2) is 18.2 Å². The smallest absolute Gasteiger partial charge is 0.340 e. The lowest BCUT2D eigenvalue weighted by Gasteiger charge is -2.16. The molecule has 3 N–H and O–H groups in total. The van der Waals surface area contributed by atoms with Gasteiger partial charge in [0.25, 0.3) is 0 Å². The second-order valence-corrected chi connectivity index (χ2v) is 4.31. The number of likely N-dealkylation sites (N-methyl/N-ethyl adjacent to an activating group) is 1. The number of nitrogen functional groups attached to an aromatic ring is 1. The van der Waals surface area contributed by atoms with Crippen LogP contribution in [0.2, 0.25) is 0 Å². The van der Waals surface area contributed by atoms with E-state index in [0.29, 0.717) is 17.9 Å². The normalized spacial score (nSPS) is 10.5. The van der Waals surface area contributed by atoms with Crippen molar-refractivity contribution in [2.24, 2.45) is 0 Å². The second-order valence-electron chi connectivity index (χ2n) is 4.31. The molecule has 0 aromatic heterocycles. The Labute approximate surface area is 114 Å². The molecule has 0 heterocycles. The van der Waals surface area contributed by atoms with E-state index in [1.807, 2.05) is 6.07 Å². The molecule has 0 aliphatic carbocycles. The topological polar surface area (TPSA) is 67.6 Å². The highest BCUT2D eigenvalue weighted by Gasteiger charge is 2.13. The number of hydrogen-bond donors (Lipinski definition) is 2. The quantitative estimate of drug-likeness (QED) is 0.581. The lowest BCUT2D eigenvalue weighted by molar-refractivity contribution is 0.0527. The van der Waals surface area contributed by atoms with Gasteiger partial charge in [-0.3, -0.25) is 0 Å². The van der Waals surface area contributed by atoms with Crippen LogP contribution in [0.4, 0.5) is 11.4 Å². The molecular weight excluding hydrogens is 242 g/mol. The van der Waals surface area contributed by atoms with Crippen LogP contribution in [0.3, 0.4) is 0 Å². The van der Waals surface area contributed by atoms with Gasteiger partial charge in [-0.2, -0.15) is 0 Å². The summed E-state index contributed by atoms with van der Waals surface area (Å²) >= 11 is 0. The molecule has 0 saturated heterocycles. The molecule has 106 valence electrons. The van der Waals surface area contributed by atoms with Gasteiger partial charge in [-0.25, -0.2) is 4.79 Å². The molecule has 1 aromatic carbocycles. The Morgan fingerprint density at radius 3 is 2.79 bits per heavy atom. The highest BCUT2D eigenvalue weighted by atomic mass is 16.5. The van der Waals surface area contributed by atoms with Crippen molar-refractivity contribution in [1.82, 2.24) is 4.90 Å². The largest absolute Gasteiger partial charge is 0.462 e. The third kappa shape index (κ3) is 4.44. The van der Waals surface area contributed by atoms with Crippen molar-refractivity contribution in [2.45, 2.75) is 13.8 Å². The van der Waals surface area contributed by atoms with Crippen molar-refractivity contribution in [3.8, 4) is 0 Å². The number of para-hydroxylation sites is 1. The fourth-order valence-corrected chi connectivity index (χ4v) is 1.65. The molecule has 5 nitrogen and oxygen atoms in total. The number of esters is 1. The minimum Gasteiger partial charge on any atom is -0.462 e. The maximum Gasteiger partial charge on any atom is 0.340 e. The highest BCUT2D eigenvalue weighted by Crippen LogP contribution is 2.23. The van der Waals surface area contributed by atoms with Crippen LogP contribution in [0.5, 0.6) is 0 Å². The number of carbonyl (C=O) groups is 1.